The molecule has 2 heterocycles. The van der Waals surface area contributed by atoms with Crippen molar-refractivity contribution < 1.29 is 9.90 Å². The molecule has 0 atom stereocenters. The monoisotopic (exact) mass is 224 g/mol. The van der Waals surface area contributed by atoms with Crippen LogP contribution in [0.15, 0.2) is 15.7 Å². The Labute approximate surface area is 87.5 Å². The van der Waals surface area contributed by atoms with E-state index in [9.17, 15) is 14.4 Å². The lowest BCUT2D eigenvalue weighted by Gasteiger charge is -1.96. The maximum atomic E-state index is 11.3. The fourth-order valence-electron chi connectivity index (χ4n) is 1.44. The summed E-state index contributed by atoms with van der Waals surface area (Å²) in [6.07, 6.45) is 0. The highest BCUT2D eigenvalue weighted by molar-refractivity contribution is 5.90. The molecule has 0 aromatic carbocycles. The van der Waals surface area contributed by atoms with Gasteiger partial charge in [-0.25, -0.2) is 29.1 Å². The van der Waals surface area contributed by atoms with E-state index in [1.54, 1.807) is 6.92 Å². The second kappa shape index (κ2) is 3.26. The molecule has 4 N–H and O–H groups in total. The van der Waals surface area contributed by atoms with E-state index in [1.807, 2.05) is 0 Å². The Morgan fingerprint density at radius 3 is 2.38 bits per heavy atom. The van der Waals surface area contributed by atoms with Gasteiger partial charge in [0.15, 0.2) is 0 Å². The van der Waals surface area contributed by atoms with Crippen molar-refractivity contribution >= 4 is 5.97 Å². The molecule has 0 aliphatic heterocycles. The number of aromatic carboxylic acids is 1. The second-order valence-electron chi connectivity index (χ2n) is 3.21. The number of hydrogen-bond donors (Lipinski definition) is 4. The third-order valence-electron chi connectivity index (χ3n) is 2.07. The number of carboxylic acid groups (broad SMARTS) is 1. The predicted octanol–water partition coefficient (Wildman–Crippen LogP) is -0.811. The largest absolute Gasteiger partial charge is 0.477 e. The lowest BCUT2D eigenvalue weighted by atomic mass is 10.3. The molecule has 0 fully saturated rings. The summed E-state index contributed by atoms with van der Waals surface area (Å²) >= 11 is 0. The molecular weight excluding hydrogens is 216 g/mol. The molecule has 0 saturated carbocycles. The zero-order valence-corrected chi connectivity index (χ0v) is 8.20. The molecule has 0 aliphatic rings. The molecule has 0 saturated heterocycles. The molecule has 0 aliphatic carbocycles. The lowest BCUT2D eigenvalue weighted by molar-refractivity contribution is 0.0691. The van der Waals surface area contributed by atoms with Crippen LogP contribution in [0.3, 0.4) is 0 Å². The Hall–Kier alpha value is -2.51. The lowest BCUT2D eigenvalue weighted by Crippen LogP contribution is -2.25. The van der Waals surface area contributed by atoms with Gasteiger partial charge in [0.2, 0.25) is 0 Å². The molecule has 2 rings (SSSR count). The fourth-order valence-corrected chi connectivity index (χ4v) is 1.44. The van der Waals surface area contributed by atoms with E-state index in [1.165, 1.54) is 6.07 Å². The summed E-state index contributed by atoms with van der Waals surface area (Å²) in [5.74, 6) is -1.24. The number of aromatic amines is 3. The van der Waals surface area contributed by atoms with Gasteiger partial charge in [0.1, 0.15) is 5.69 Å². The molecule has 8 heteroatoms. The molecule has 2 aromatic rings. The molecule has 0 radical (unpaired) electrons. The van der Waals surface area contributed by atoms with Gasteiger partial charge in [-0.15, -0.1) is 0 Å². The van der Waals surface area contributed by atoms with Crippen LogP contribution in [-0.2, 0) is 0 Å². The molecule has 8 nitrogen and oxygen atoms in total. The number of rotatable bonds is 2. The van der Waals surface area contributed by atoms with Crippen LogP contribution in [-0.4, -0.2) is 30.8 Å². The van der Waals surface area contributed by atoms with Crippen LogP contribution in [0, 0.1) is 6.92 Å². The molecular formula is C8H8N4O4. The van der Waals surface area contributed by atoms with Crippen LogP contribution < -0.4 is 11.4 Å². The van der Waals surface area contributed by atoms with E-state index in [0.717, 1.165) is 0 Å². The van der Waals surface area contributed by atoms with E-state index < -0.39 is 17.3 Å². The van der Waals surface area contributed by atoms with E-state index in [-0.39, 0.29) is 11.4 Å². The van der Waals surface area contributed by atoms with Gasteiger partial charge in [-0.3, -0.25) is 0 Å². The van der Waals surface area contributed by atoms with Crippen molar-refractivity contribution in [2.45, 2.75) is 6.92 Å². The normalized spacial score (nSPS) is 10.6. The smallest absolute Gasteiger partial charge is 0.354 e. The highest BCUT2D eigenvalue weighted by atomic mass is 16.4. The number of nitrogens with one attached hydrogen (secondary N) is 3. The summed E-state index contributed by atoms with van der Waals surface area (Å²) < 4.78 is 0.715. The first kappa shape index (κ1) is 10.0. The first-order valence-electron chi connectivity index (χ1n) is 4.33. The molecule has 0 bridgehead atoms. The van der Waals surface area contributed by atoms with Gasteiger partial charge in [0.25, 0.3) is 0 Å². The predicted molar refractivity (Wildman–Crippen MR) is 53.1 cm³/mol. The van der Waals surface area contributed by atoms with Crippen LogP contribution in [0.1, 0.15) is 16.2 Å². The van der Waals surface area contributed by atoms with Gasteiger partial charge in [-0.2, -0.15) is 0 Å². The van der Waals surface area contributed by atoms with E-state index in [0.29, 0.717) is 10.3 Å². The topological polar surface area (TPSA) is 124 Å². The van der Waals surface area contributed by atoms with Gasteiger partial charge in [-0.05, 0) is 13.0 Å². The minimum Gasteiger partial charge on any atom is -0.477 e. The Balaban J connectivity index is 2.79. The van der Waals surface area contributed by atoms with Crippen LogP contribution in [0.5, 0.6) is 0 Å². The summed E-state index contributed by atoms with van der Waals surface area (Å²) in [7, 11) is 0. The number of nitrogens with zero attached hydrogens (tertiary/aromatic N) is 1. The van der Waals surface area contributed by atoms with Gasteiger partial charge >= 0.3 is 17.3 Å². The Bertz CT molecular complexity index is 629. The summed E-state index contributed by atoms with van der Waals surface area (Å²) in [6, 6.07) is 1.41. The summed E-state index contributed by atoms with van der Waals surface area (Å²) in [5, 5.41) is 13.0. The van der Waals surface area contributed by atoms with E-state index in [4.69, 9.17) is 5.11 Å². The van der Waals surface area contributed by atoms with Crippen molar-refractivity contribution in [2.75, 3.05) is 0 Å². The van der Waals surface area contributed by atoms with Crippen molar-refractivity contribution in [2.24, 2.45) is 0 Å². The first-order valence-corrected chi connectivity index (χ1v) is 4.33. The summed E-state index contributed by atoms with van der Waals surface area (Å²) in [6.45, 7) is 1.63. The average Bonchev–Trinajstić information content (AvgIpc) is 2.70. The molecule has 16 heavy (non-hydrogen) atoms. The Kier molecular flexibility index (Phi) is 2.04. The van der Waals surface area contributed by atoms with Gasteiger partial charge in [-0.1, -0.05) is 0 Å². The number of aryl methyl sites for hydroxylation is 1. The minimum absolute atomic E-state index is 0.0116. The third kappa shape index (κ3) is 1.36. The quantitative estimate of drug-likeness (QED) is 0.532. The first-order chi connectivity index (χ1) is 7.50. The van der Waals surface area contributed by atoms with Crippen LogP contribution in [0.25, 0.3) is 5.69 Å². The standard InChI is InChI=1S/C8H8N4O4/c1-3-2-4(5(9-3)6(13)14)12-7(15)10-11-8(12)16/h2,9H,1H3,(H,10,15)(H,11,16)(H,13,14). The maximum absolute atomic E-state index is 11.3. The van der Waals surface area contributed by atoms with Crippen LogP contribution in [0.2, 0.25) is 0 Å². The third-order valence-corrected chi connectivity index (χ3v) is 2.07. The number of H-pyrrole nitrogens is 3. The van der Waals surface area contributed by atoms with Crippen molar-refractivity contribution in [3.05, 3.63) is 38.4 Å². The van der Waals surface area contributed by atoms with Crippen LogP contribution >= 0.6 is 0 Å². The fraction of sp³-hybridized carbons (Fsp3) is 0.125. The molecule has 0 amide bonds. The molecule has 2 aromatic heterocycles. The van der Waals surface area contributed by atoms with E-state index in [2.05, 4.69) is 15.2 Å². The highest BCUT2D eigenvalue weighted by Crippen LogP contribution is 2.12. The number of hydrogen-bond acceptors (Lipinski definition) is 3. The summed E-state index contributed by atoms with van der Waals surface area (Å²) in [5.41, 5.74) is -1.08. The van der Waals surface area contributed by atoms with E-state index >= 15 is 0 Å². The number of carboxylic acids is 1. The van der Waals surface area contributed by atoms with Gasteiger partial charge in [0, 0.05) is 5.69 Å². The summed E-state index contributed by atoms with van der Waals surface area (Å²) in [4.78, 5) is 36.0. The molecule has 0 spiro atoms. The van der Waals surface area contributed by atoms with Crippen molar-refractivity contribution in [1.82, 2.24) is 19.7 Å². The second-order valence-corrected chi connectivity index (χ2v) is 3.21. The minimum atomic E-state index is -1.24. The Morgan fingerprint density at radius 2 is 1.88 bits per heavy atom. The van der Waals surface area contributed by atoms with Gasteiger partial charge < -0.3 is 10.1 Å². The molecule has 0 unspecified atom stereocenters. The SMILES string of the molecule is Cc1cc(-n2c(=O)[nH][nH]c2=O)c(C(=O)O)[nH]1. The van der Waals surface area contributed by atoms with Gasteiger partial charge in [0.05, 0.1) is 5.69 Å². The van der Waals surface area contributed by atoms with Crippen molar-refractivity contribution in [3.8, 4) is 5.69 Å². The van der Waals surface area contributed by atoms with Crippen LogP contribution in [0.4, 0.5) is 0 Å². The average molecular weight is 224 g/mol. The van der Waals surface area contributed by atoms with Crippen molar-refractivity contribution in [1.29, 1.82) is 0 Å². The zero-order valence-electron chi connectivity index (χ0n) is 8.20. The molecule has 84 valence electrons. The maximum Gasteiger partial charge on any atom is 0.354 e. The highest BCUT2D eigenvalue weighted by Gasteiger charge is 2.18. The Morgan fingerprint density at radius 1 is 1.31 bits per heavy atom. The zero-order chi connectivity index (χ0) is 11.9. The number of aromatic nitrogens is 4. The van der Waals surface area contributed by atoms with Crippen molar-refractivity contribution in [3.63, 3.8) is 0 Å². The number of carbonyl (C=O) groups is 1.